The standard InChI is InChI=1S/C24H27N6O/c1-15-9-22(27-29-13-16(2)26-23(15)29)19-5-6-21-20(11-19)12-25-30(24(21)31)14-18-7-8-28(4)17(3)10-18/h5-6,9,11-14,17-18H,7-8,10H2,1-4H3/q+1/b30-14+/t17-,18?/m1/s1. The van der Waals surface area contributed by atoms with Crippen molar-refractivity contribution in [1.82, 2.24) is 19.5 Å². The largest absolute Gasteiger partial charge is 0.449 e. The van der Waals surface area contributed by atoms with Crippen LogP contribution in [0, 0.1) is 19.8 Å². The lowest BCUT2D eigenvalue weighted by Crippen LogP contribution is -2.39. The monoisotopic (exact) mass is 415 g/mol. The number of aromatic nitrogens is 3. The second-order valence-corrected chi connectivity index (χ2v) is 8.82. The molecule has 0 aliphatic carbocycles. The number of nitrogens with zero attached hydrogens (tertiary/aromatic N) is 6. The van der Waals surface area contributed by atoms with Gasteiger partial charge in [0.1, 0.15) is 11.8 Å². The van der Waals surface area contributed by atoms with Crippen LogP contribution >= 0.6 is 0 Å². The van der Waals surface area contributed by atoms with Gasteiger partial charge in [-0.15, -0.1) is 0 Å². The number of carbonyl (C=O) groups is 1. The summed E-state index contributed by atoms with van der Waals surface area (Å²) >= 11 is 0. The summed E-state index contributed by atoms with van der Waals surface area (Å²) in [7, 11) is 2.15. The van der Waals surface area contributed by atoms with E-state index in [0.717, 1.165) is 53.1 Å². The average molecular weight is 416 g/mol. The van der Waals surface area contributed by atoms with E-state index < -0.39 is 0 Å². The molecule has 158 valence electrons. The van der Waals surface area contributed by atoms with Crippen LogP contribution in [0.4, 0.5) is 0 Å². The lowest BCUT2D eigenvalue weighted by atomic mass is 9.93. The number of benzene rings is 1. The number of imidazole rings is 1. The van der Waals surface area contributed by atoms with Gasteiger partial charge in [0.25, 0.3) is 0 Å². The third-order valence-corrected chi connectivity index (χ3v) is 6.44. The Bertz CT molecular complexity index is 1250. The van der Waals surface area contributed by atoms with Gasteiger partial charge in [0.05, 0.1) is 17.6 Å². The Labute approximate surface area is 181 Å². The number of carbonyl (C=O) groups excluding carboxylic acids is 1. The maximum atomic E-state index is 13.1. The van der Waals surface area contributed by atoms with Gasteiger partial charge >= 0.3 is 5.91 Å². The van der Waals surface area contributed by atoms with E-state index in [0.29, 0.717) is 17.5 Å². The van der Waals surface area contributed by atoms with Crippen molar-refractivity contribution in [1.29, 1.82) is 0 Å². The minimum absolute atomic E-state index is 0.0690. The van der Waals surface area contributed by atoms with Crippen LogP contribution < -0.4 is 0 Å². The van der Waals surface area contributed by atoms with E-state index >= 15 is 0 Å². The lowest BCUT2D eigenvalue weighted by molar-refractivity contribution is -0.431. The van der Waals surface area contributed by atoms with Gasteiger partial charge in [-0.1, -0.05) is 6.07 Å². The fourth-order valence-corrected chi connectivity index (χ4v) is 4.48. The van der Waals surface area contributed by atoms with Crippen LogP contribution in [0.5, 0.6) is 0 Å². The molecule has 1 unspecified atom stereocenters. The van der Waals surface area contributed by atoms with Gasteiger partial charge < -0.3 is 4.90 Å². The van der Waals surface area contributed by atoms with E-state index in [4.69, 9.17) is 5.10 Å². The van der Waals surface area contributed by atoms with Gasteiger partial charge in [-0.2, -0.15) is 5.10 Å². The normalized spacial score (nSPS) is 23.0. The van der Waals surface area contributed by atoms with Gasteiger partial charge in [0.15, 0.2) is 11.9 Å². The van der Waals surface area contributed by atoms with E-state index in [9.17, 15) is 4.79 Å². The molecule has 2 atom stereocenters. The molecule has 31 heavy (non-hydrogen) atoms. The molecule has 0 N–H and O–H groups in total. The van der Waals surface area contributed by atoms with Crippen LogP contribution in [0.15, 0.2) is 35.6 Å². The SMILES string of the molecule is Cc1cn2nc(-c3ccc4c(c3)C=N/[N+](=C/C3CCN(C)[C@H](C)C3)C4=O)cc(C)c2n1. The van der Waals surface area contributed by atoms with Crippen molar-refractivity contribution in [2.45, 2.75) is 39.7 Å². The number of fused-ring (bicyclic) bond motifs is 2. The van der Waals surface area contributed by atoms with Gasteiger partial charge in [-0.25, -0.2) is 14.3 Å². The molecule has 1 aromatic carbocycles. The Hall–Kier alpha value is -3.19. The van der Waals surface area contributed by atoms with Crippen LogP contribution in [-0.2, 0) is 0 Å². The first-order valence-corrected chi connectivity index (χ1v) is 10.8. The topological polar surface area (TPSA) is 65.9 Å². The summed E-state index contributed by atoms with van der Waals surface area (Å²) in [5, 5.41) is 9.15. The predicted molar refractivity (Wildman–Crippen MR) is 121 cm³/mol. The first-order valence-electron chi connectivity index (χ1n) is 10.8. The molecule has 2 aliphatic heterocycles. The lowest BCUT2D eigenvalue weighted by Gasteiger charge is -2.32. The van der Waals surface area contributed by atoms with Crippen LogP contribution in [0.3, 0.4) is 0 Å². The highest BCUT2D eigenvalue weighted by Gasteiger charge is 2.31. The number of aryl methyl sites for hydroxylation is 2. The molecule has 7 nitrogen and oxygen atoms in total. The van der Waals surface area contributed by atoms with Crippen molar-refractivity contribution in [2.24, 2.45) is 11.0 Å². The number of amides is 1. The third kappa shape index (κ3) is 3.59. The second-order valence-electron chi connectivity index (χ2n) is 8.82. The van der Waals surface area contributed by atoms with Gasteiger partial charge in [0, 0.05) is 28.2 Å². The summed E-state index contributed by atoms with van der Waals surface area (Å²) in [5.74, 6) is 0.297. The molecular formula is C24H27N6O+. The molecule has 0 radical (unpaired) electrons. The highest BCUT2D eigenvalue weighted by Crippen LogP contribution is 2.25. The summed E-state index contributed by atoms with van der Waals surface area (Å²) in [6.07, 6.45) is 7.80. The first kappa shape index (κ1) is 19.8. The molecule has 7 heteroatoms. The molecule has 1 fully saturated rings. The molecule has 2 aromatic heterocycles. The van der Waals surface area contributed by atoms with E-state index in [-0.39, 0.29) is 5.91 Å². The molecule has 0 saturated carbocycles. The number of hydrogen-bond donors (Lipinski definition) is 0. The zero-order valence-corrected chi connectivity index (χ0v) is 18.4. The molecule has 3 aromatic rings. The van der Waals surface area contributed by atoms with Crippen LogP contribution in [-0.4, -0.2) is 62.2 Å². The molecule has 0 bridgehead atoms. The van der Waals surface area contributed by atoms with E-state index in [1.54, 1.807) is 6.21 Å². The van der Waals surface area contributed by atoms with Crippen molar-refractivity contribution in [3.05, 3.63) is 52.8 Å². The summed E-state index contributed by atoms with van der Waals surface area (Å²) in [6.45, 7) is 7.27. The number of hydrogen-bond acceptors (Lipinski definition) is 5. The summed E-state index contributed by atoms with van der Waals surface area (Å²) < 4.78 is 3.34. The number of piperidine rings is 1. The van der Waals surface area contributed by atoms with Crippen molar-refractivity contribution in [2.75, 3.05) is 13.6 Å². The minimum atomic E-state index is -0.0690. The van der Waals surface area contributed by atoms with E-state index in [2.05, 4.69) is 29.0 Å². The Kier molecular flexibility index (Phi) is 4.78. The highest BCUT2D eigenvalue weighted by molar-refractivity contribution is 6.02. The molecule has 0 spiro atoms. The van der Waals surface area contributed by atoms with Gasteiger partial charge in [-0.3, -0.25) is 0 Å². The smallest absolute Gasteiger partial charge is 0.304 e. The Morgan fingerprint density at radius 3 is 2.87 bits per heavy atom. The molecule has 5 rings (SSSR count). The number of rotatable bonds is 2. The van der Waals surface area contributed by atoms with Crippen LogP contribution in [0.2, 0.25) is 0 Å². The van der Waals surface area contributed by atoms with E-state index in [1.807, 2.05) is 55.0 Å². The molecule has 4 heterocycles. The summed E-state index contributed by atoms with van der Waals surface area (Å²) in [5.41, 5.74) is 6.17. The zero-order chi connectivity index (χ0) is 21.7. The summed E-state index contributed by atoms with van der Waals surface area (Å²) in [4.78, 5) is 19.9. The number of hydrazone groups is 1. The fourth-order valence-electron chi connectivity index (χ4n) is 4.48. The van der Waals surface area contributed by atoms with Crippen molar-refractivity contribution >= 4 is 24.0 Å². The Balaban J connectivity index is 1.45. The molecule has 2 aliphatic rings. The quantitative estimate of drug-likeness (QED) is 0.603. The highest BCUT2D eigenvalue weighted by atomic mass is 16.2. The fraction of sp³-hybridized carbons (Fsp3) is 0.375. The first-order chi connectivity index (χ1) is 14.9. The maximum Gasteiger partial charge on any atom is 0.449 e. The number of likely N-dealkylation sites (tertiary alicyclic amines) is 1. The minimum Gasteiger partial charge on any atom is -0.304 e. The molecule has 1 saturated heterocycles. The zero-order valence-electron chi connectivity index (χ0n) is 18.4. The predicted octanol–water partition coefficient (Wildman–Crippen LogP) is 3.31. The van der Waals surface area contributed by atoms with Crippen molar-refractivity contribution < 1.29 is 9.48 Å². The van der Waals surface area contributed by atoms with Crippen LogP contribution in [0.25, 0.3) is 16.9 Å². The second kappa shape index (κ2) is 7.50. The molecule has 1 amide bonds. The Morgan fingerprint density at radius 2 is 2.06 bits per heavy atom. The van der Waals surface area contributed by atoms with Crippen LogP contribution in [0.1, 0.15) is 46.9 Å². The van der Waals surface area contributed by atoms with Crippen molar-refractivity contribution in [3.8, 4) is 11.3 Å². The van der Waals surface area contributed by atoms with Crippen molar-refractivity contribution in [3.63, 3.8) is 0 Å². The molecular weight excluding hydrogens is 388 g/mol. The summed E-state index contributed by atoms with van der Waals surface area (Å²) in [6, 6.07) is 8.39. The maximum absolute atomic E-state index is 13.1. The average Bonchev–Trinajstić information content (AvgIpc) is 3.13. The Morgan fingerprint density at radius 1 is 1.23 bits per heavy atom. The van der Waals surface area contributed by atoms with Gasteiger partial charge in [-0.05, 0) is 75.7 Å². The van der Waals surface area contributed by atoms with E-state index in [1.165, 1.54) is 4.68 Å². The third-order valence-electron chi connectivity index (χ3n) is 6.44. The van der Waals surface area contributed by atoms with Gasteiger partial charge in [0.2, 0.25) is 0 Å².